The Hall–Kier alpha value is -1.000. The van der Waals surface area contributed by atoms with Gasteiger partial charge in [0.15, 0.2) is 0 Å². The molecule has 0 aliphatic heterocycles. The van der Waals surface area contributed by atoms with Gasteiger partial charge < -0.3 is 5.11 Å². The smallest absolute Gasteiger partial charge is 0.338 e. The second kappa shape index (κ2) is 5.55. The normalized spacial score (nSPS) is 10.5. The van der Waals surface area contributed by atoms with Crippen molar-refractivity contribution in [1.29, 1.82) is 0 Å². The van der Waals surface area contributed by atoms with Crippen molar-refractivity contribution in [2.75, 3.05) is 0 Å². The second-order valence-corrected chi connectivity index (χ2v) is 5.15. The van der Waals surface area contributed by atoms with Gasteiger partial charge in [-0.3, -0.25) is 4.98 Å². The van der Waals surface area contributed by atoms with Crippen LogP contribution in [-0.2, 0) is 0 Å². The number of aromatic nitrogens is 1. The van der Waals surface area contributed by atoms with Crippen LogP contribution in [0.4, 0.5) is 0 Å². The van der Waals surface area contributed by atoms with Crippen LogP contribution >= 0.6 is 46.4 Å². The van der Waals surface area contributed by atoms with Crippen molar-refractivity contribution in [3.63, 3.8) is 0 Å². The average Bonchev–Trinajstić information content (AvgIpc) is 2.31. The molecule has 7 heteroatoms. The first-order valence-corrected chi connectivity index (χ1v) is 6.46. The van der Waals surface area contributed by atoms with E-state index in [9.17, 15) is 4.79 Å². The highest BCUT2D eigenvalue weighted by Crippen LogP contribution is 2.39. The van der Waals surface area contributed by atoms with Gasteiger partial charge in [0.1, 0.15) is 5.56 Å². The lowest BCUT2D eigenvalue weighted by Crippen LogP contribution is -2.02. The monoisotopic (exact) mass is 335 g/mol. The Morgan fingerprint density at radius 1 is 1.05 bits per heavy atom. The molecule has 0 saturated carbocycles. The van der Waals surface area contributed by atoms with Crippen molar-refractivity contribution in [2.24, 2.45) is 0 Å². The van der Waals surface area contributed by atoms with Crippen LogP contribution in [0.25, 0.3) is 11.3 Å². The number of halogens is 4. The molecule has 0 aliphatic carbocycles. The van der Waals surface area contributed by atoms with Crippen molar-refractivity contribution in [1.82, 2.24) is 4.98 Å². The number of carboxylic acid groups (broad SMARTS) is 1. The van der Waals surface area contributed by atoms with Crippen LogP contribution in [0.5, 0.6) is 0 Å². The lowest BCUT2D eigenvalue weighted by atomic mass is 10.1. The molecule has 0 fully saturated rings. The minimum Gasteiger partial charge on any atom is -0.478 e. The van der Waals surface area contributed by atoms with Gasteiger partial charge in [-0.25, -0.2) is 4.79 Å². The van der Waals surface area contributed by atoms with E-state index in [1.54, 1.807) is 18.2 Å². The van der Waals surface area contributed by atoms with E-state index >= 15 is 0 Å². The largest absolute Gasteiger partial charge is 0.478 e. The zero-order chi connectivity index (χ0) is 14.2. The van der Waals surface area contributed by atoms with E-state index in [4.69, 9.17) is 51.5 Å². The van der Waals surface area contributed by atoms with Gasteiger partial charge in [0, 0.05) is 11.8 Å². The van der Waals surface area contributed by atoms with E-state index in [0.29, 0.717) is 15.6 Å². The molecule has 2 aromatic rings. The number of hydrogen-bond donors (Lipinski definition) is 1. The number of rotatable bonds is 2. The van der Waals surface area contributed by atoms with Crippen LogP contribution < -0.4 is 0 Å². The maximum Gasteiger partial charge on any atom is 0.338 e. The molecule has 1 aromatic carbocycles. The van der Waals surface area contributed by atoms with Crippen LogP contribution in [0, 0.1) is 0 Å². The summed E-state index contributed by atoms with van der Waals surface area (Å²) in [4.78, 5) is 15.2. The summed E-state index contributed by atoms with van der Waals surface area (Å²) >= 11 is 23.9. The van der Waals surface area contributed by atoms with Crippen molar-refractivity contribution < 1.29 is 9.90 Å². The minimum absolute atomic E-state index is 0.0515. The highest BCUT2D eigenvalue weighted by Gasteiger charge is 2.21. The first kappa shape index (κ1) is 14.4. The van der Waals surface area contributed by atoms with Gasteiger partial charge in [-0.15, -0.1) is 0 Å². The molecule has 0 radical (unpaired) electrons. The summed E-state index contributed by atoms with van der Waals surface area (Å²) in [5, 5.41) is 9.58. The average molecular weight is 337 g/mol. The molecular weight excluding hydrogens is 332 g/mol. The molecule has 0 amide bonds. The third-order valence-corrected chi connectivity index (χ3v) is 3.67. The van der Waals surface area contributed by atoms with Crippen LogP contribution in [0.15, 0.2) is 24.4 Å². The fourth-order valence-corrected chi connectivity index (χ4v) is 2.73. The van der Waals surface area contributed by atoms with Crippen LogP contribution in [0.3, 0.4) is 0 Å². The lowest BCUT2D eigenvalue weighted by molar-refractivity contribution is 0.0697. The third-order valence-electron chi connectivity index (χ3n) is 2.39. The molecule has 0 bridgehead atoms. The molecule has 3 nitrogen and oxygen atoms in total. The molecule has 98 valence electrons. The number of carbonyl (C=O) groups is 1. The van der Waals surface area contributed by atoms with Crippen molar-refractivity contribution >= 4 is 52.4 Å². The Kier molecular flexibility index (Phi) is 4.21. The molecule has 0 spiro atoms. The van der Waals surface area contributed by atoms with E-state index in [1.165, 1.54) is 6.20 Å². The zero-order valence-corrected chi connectivity index (χ0v) is 12.1. The number of hydrogen-bond acceptors (Lipinski definition) is 2. The van der Waals surface area contributed by atoms with E-state index in [0.717, 1.165) is 0 Å². The SMILES string of the molecule is O=C(O)c1c(Cl)cnc(-c2c(Cl)cccc2Cl)c1Cl. The number of carboxylic acids is 1. The fraction of sp³-hybridized carbons (Fsp3) is 0. The molecule has 1 N–H and O–H groups in total. The molecule has 2 rings (SSSR count). The molecule has 0 atom stereocenters. The van der Waals surface area contributed by atoms with Crippen molar-refractivity contribution in [3.8, 4) is 11.3 Å². The van der Waals surface area contributed by atoms with Crippen LogP contribution in [0.2, 0.25) is 20.1 Å². The van der Waals surface area contributed by atoms with Gasteiger partial charge in [0.05, 0.1) is 25.8 Å². The summed E-state index contributed by atoms with van der Waals surface area (Å²) in [6.45, 7) is 0. The third kappa shape index (κ3) is 2.65. The Balaban J connectivity index is 2.78. The summed E-state index contributed by atoms with van der Waals surface area (Å²) < 4.78 is 0. The quantitative estimate of drug-likeness (QED) is 0.833. The predicted octanol–water partition coefficient (Wildman–Crippen LogP) is 5.06. The predicted molar refractivity (Wildman–Crippen MR) is 76.7 cm³/mol. The second-order valence-electron chi connectivity index (χ2n) is 3.55. The highest BCUT2D eigenvalue weighted by atomic mass is 35.5. The Morgan fingerprint density at radius 3 is 2.16 bits per heavy atom. The van der Waals surface area contributed by atoms with Gasteiger partial charge in [-0.1, -0.05) is 52.5 Å². The summed E-state index contributed by atoms with van der Waals surface area (Å²) in [7, 11) is 0. The van der Waals surface area contributed by atoms with E-state index in [-0.39, 0.29) is 21.3 Å². The molecular formula is C12H5Cl4NO2. The van der Waals surface area contributed by atoms with Crippen molar-refractivity contribution in [2.45, 2.75) is 0 Å². The molecule has 0 saturated heterocycles. The van der Waals surface area contributed by atoms with Gasteiger partial charge in [0.25, 0.3) is 0 Å². The number of aromatic carboxylic acids is 1. The van der Waals surface area contributed by atoms with Gasteiger partial charge >= 0.3 is 5.97 Å². The van der Waals surface area contributed by atoms with Gasteiger partial charge in [-0.05, 0) is 12.1 Å². The standard InChI is InChI=1S/C12H5Cl4NO2/c13-5-2-1-3-6(14)8(5)11-10(16)9(12(18)19)7(15)4-17-11/h1-4H,(H,18,19). The lowest BCUT2D eigenvalue weighted by Gasteiger charge is -2.10. The van der Waals surface area contributed by atoms with Gasteiger partial charge in [-0.2, -0.15) is 0 Å². The molecule has 0 unspecified atom stereocenters. The van der Waals surface area contributed by atoms with Gasteiger partial charge in [0.2, 0.25) is 0 Å². The Bertz CT molecular complexity index is 653. The minimum atomic E-state index is -1.25. The summed E-state index contributed by atoms with van der Waals surface area (Å²) in [5.41, 5.74) is 0.318. The number of nitrogens with zero attached hydrogens (tertiary/aromatic N) is 1. The molecule has 0 aliphatic rings. The van der Waals surface area contributed by atoms with Crippen LogP contribution in [-0.4, -0.2) is 16.1 Å². The maximum absolute atomic E-state index is 11.1. The highest BCUT2D eigenvalue weighted by molar-refractivity contribution is 6.43. The maximum atomic E-state index is 11.1. The van der Waals surface area contributed by atoms with Crippen molar-refractivity contribution in [3.05, 3.63) is 50.0 Å². The number of benzene rings is 1. The van der Waals surface area contributed by atoms with E-state index in [1.807, 2.05) is 0 Å². The zero-order valence-electron chi connectivity index (χ0n) is 9.12. The summed E-state index contributed by atoms with van der Waals surface area (Å²) in [5.74, 6) is -1.25. The Labute approximate surface area is 128 Å². The van der Waals surface area contributed by atoms with E-state index < -0.39 is 5.97 Å². The first-order chi connectivity index (χ1) is 8.93. The summed E-state index contributed by atoms with van der Waals surface area (Å²) in [6, 6.07) is 4.88. The Morgan fingerprint density at radius 2 is 1.63 bits per heavy atom. The molecule has 1 heterocycles. The molecule has 1 aromatic heterocycles. The van der Waals surface area contributed by atoms with Crippen LogP contribution in [0.1, 0.15) is 10.4 Å². The van der Waals surface area contributed by atoms with E-state index in [2.05, 4.69) is 4.98 Å². The first-order valence-electron chi connectivity index (χ1n) is 4.95. The topological polar surface area (TPSA) is 50.2 Å². The molecule has 19 heavy (non-hydrogen) atoms. The fourth-order valence-electron chi connectivity index (χ4n) is 1.56. The number of pyridine rings is 1. The summed E-state index contributed by atoms with van der Waals surface area (Å²) in [6.07, 6.45) is 1.20.